The summed E-state index contributed by atoms with van der Waals surface area (Å²) in [6, 6.07) is 7.38. The first kappa shape index (κ1) is 13.0. The van der Waals surface area contributed by atoms with E-state index in [1.807, 2.05) is 19.2 Å². The third kappa shape index (κ3) is 3.04. The summed E-state index contributed by atoms with van der Waals surface area (Å²) in [5.74, 6) is -0.655. The second kappa shape index (κ2) is 5.44. The number of carbonyl (C=O) groups excluding carboxylic acids is 1. The molecular formula is C13H15NO3S. The number of amides is 1. The van der Waals surface area contributed by atoms with Crippen LogP contribution in [0.2, 0.25) is 0 Å². The minimum Gasteiger partial charge on any atom is -0.481 e. The van der Waals surface area contributed by atoms with Gasteiger partial charge in [-0.25, -0.2) is 0 Å². The average Bonchev–Trinajstić information content (AvgIpc) is 2.63. The first-order valence-corrected chi connectivity index (χ1v) is 6.66. The Balaban J connectivity index is 1.98. The zero-order chi connectivity index (χ0) is 13.1. The number of carbonyl (C=O) groups is 2. The van der Waals surface area contributed by atoms with Crippen LogP contribution in [0.15, 0.2) is 29.2 Å². The van der Waals surface area contributed by atoms with E-state index in [4.69, 9.17) is 5.11 Å². The Morgan fingerprint density at radius 2 is 2.11 bits per heavy atom. The molecule has 4 nitrogen and oxygen atoms in total. The number of carboxylic acids is 1. The molecule has 1 saturated heterocycles. The molecule has 0 aromatic heterocycles. The van der Waals surface area contributed by atoms with E-state index in [0.29, 0.717) is 0 Å². The van der Waals surface area contributed by atoms with Crippen molar-refractivity contribution in [2.75, 3.05) is 13.6 Å². The smallest absolute Gasteiger partial charge is 0.307 e. The standard InChI is InChI=1S/C13H15NO3S/c1-14-7-6-11(13(14)17)18-10-4-2-9(3-5-10)8-12(15)16/h2-5,11H,6-8H2,1H3,(H,15,16). The van der Waals surface area contributed by atoms with Gasteiger partial charge in [-0.05, 0) is 24.1 Å². The van der Waals surface area contributed by atoms with Crippen LogP contribution in [-0.4, -0.2) is 40.7 Å². The maximum Gasteiger partial charge on any atom is 0.307 e. The van der Waals surface area contributed by atoms with Crippen LogP contribution in [0.5, 0.6) is 0 Å². The molecule has 1 aliphatic heterocycles. The maximum atomic E-state index is 11.7. The fraction of sp³-hybridized carbons (Fsp3) is 0.385. The van der Waals surface area contributed by atoms with Gasteiger partial charge in [-0.1, -0.05) is 12.1 Å². The molecule has 0 aliphatic carbocycles. The molecule has 1 unspecified atom stereocenters. The molecule has 0 bridgehead atoms. The summed E-state index contributed by atoms with van der Waals surface area (Å²) in [4.78, 5) is 25.1. The highest BCUT2D eigenvalue weighted by Crippen LogP contribution is 2.30. The van der Waals surface area contributed by atoms with Crippen LogP contribution in [0, 0.1) is 0 Å². The number of hydrogen-bond donors (Lipinski definition) is 1. The van der Waals surface area contributed by atoms with E-state index in [-0.39, 0.29) is 17.6 Å². The molecule has 1 heterocycles. The van der Waals surface area contributed by atoms with Crippen molar-refractivity contribution in [3.63, 3.8) is 0 Å². The minimum absolute atomic E-state index is 0.000300. The van der Waals surface area contributed by atoms with Crippen LogP contribution in [0.3, 0.4) is 0 Å². The second-order valence-electron chi connectivity index (χ2n) is 4.37. The molecule has 96 valence electrons. The Labute approximate surface area is 110 Å². The quantitative estimate of drug-likeness (QED) is 0.899. The number of aliphatic carboxylic acids is 1. The number of hydrogen-bond acceptors (Lipinski definition) is 3. The monoisotopic (exact) mass is 265 g/mol. The summed E-state index contributed by atoms with van der Waals surface area (Å²) < 4.78 is 0. The molecule has 1 aliphatic rings. The van der Waals surface area contributed by atoms with Gasteiger partial charge in [0.15, 0.2) is 0 Å². The lowest BCUT2D eigenvalue weighted by Crippen LogP contribution is -2.23. The Bertz CT molecular complexity index is 458. The molecule has 2 rings (SSSR count). The summed E-state index contributed by atoms with van der Waals surface area (Å²) in [6.45, 7) is 0.813. The van der Waals surface area contributed by atoms with Crippen molar-refractivity contribution in [2.24, 2.45) is 0 Å². The molecular weight excluding hydrogens is 250 g/mol. The molecule has 1 fully saturated rings. The Morgan fingerprint density at radius 1 is 1.44 bits per heavy atom. The van der Waals surface area contributed by atoms with Crippen molar-refractivity contribution in [1.29, 1.82) is 0 Å². The summed E-state index contributed by atoms with van der Waals surface area (Å²) in [6.07, 6.45) is 0.910. The van der Waals surface area contributed by atoms with E-state index in [9.17, 15) is 9.59 Å². The lowest BCUT2D eigenvalue weighted by molar-refractivity contribution is -0.136. The number of carboxylic acid groups (broad SMARTS) is 1. The highest BCUT2D eigenvalue weighted by molar-refractivity contribution is 8.00. The third-order valence-corrected chi connectivity index (χ3v) is 4.20. The van der Waals surface area contributed by atoms with Gasteiger partial charge in [0.25, 0.3) is 0 Å². The third-order valence-electron chi connectivity index (χ3n) is 2.94. The predicted molar refractivity (Wildman–Crippen MR) is 69.7 cm³/mol. The Kier molecular flexibility index (Phi) is 3.91. The normalized spacial score (nSPS) is 19.3. The van der Waals surface area contributed by atoms with Crippen molar-refractivity contribution >= 4 is 23.6 Å². The zero-order valence-corrected chi connectivity index (χ0v) is 10.9. The Morgan fingerprint density at radius 3 is 2.61 bits per heavy atom. The minimum atomic E-state index is -0.831. The zero-order valence-electron chi connectivity index (χ0n) is 10.1. The molecule has 1 atom stereocenters. The fourth-order valence-electron chi connectivity index (χ4n) is 1.92. The largest absolute Gasteiger partial charge is 0.481 e. The molecule has 0 spiro atoms. The molecule has 1 aromatic rings. The summed E-state index contributed by atoms with van der Waals surface area (Å²) in [7, 11) is 1.82. The molecule has 1 N–H and O–H groups in total. The van der Waals surface area contributed by atoms with E-state index in [0.717, 1.165) is 23.4 Å². The average molecular weight is 265 g/mol. The van der Waals surface area contributed by atoms with Crippen LogP contribution in [0.1, 0.15) is 12.0 Å². The molecule has 18 heavy (non-hydrogen) atoms. The van der Waals surface area contributed by atoms with E-state index in [1.165, 1.54) is 0 Å². The topological polar surface area (TPSA) is 57.6 Å². The van der Waals surface area contributed by atoms with Gasteiger partial charge < -0.3 is 10.0 Å². The second-order valence-corrected chi connectivity index (χ2v) is 5.65. The summed E-state index contributed by atoms with van der Waals surface area (Å²) >= 11 is 1.55. The lowest BCUT2D eigenvalue weighted by Gasteiger charge is -2.10. The highest BCUT2D eigenvalue weighted by atomic mass is 32.2. The summed E-state index contributed by atoms with van der Waals surface area (Å²) in [5.41, 5.74) is 0.779. The van der Waals surface area contributed by atoms with Gasteiger partial charge in [-0.15, -0.1) is 11.8 Å². The lowest BCUT2D eigenvalue weighted by atomic mass is 10.2. The summed E-state index contributed by atoms with van der Waals surface area (Å²) in [5, 5.41) is 8.67. The van der Waals surface area contributed by atoms with Gasteiger partial charge in [0, 0.05) is 18.5 Å². The van der Waals surface area contributed by atoms with E-state index in [1.54, 1.807) is 28.8 Å². The van der Waals surface area contributed by atoms with Gasteiger partial charge >= 0.3 is 5.97 Å². The molecule has 5 heteroatoms. The SMILES string of the molecule is CN1CCC(Sc2ccc(CC(=O)O)cc2)C1=O. The molecule has 1 amide bonds. The first-order valence-electron chi connectivity index (χ1n) is 5.78. The van der Waals surface area contributed by atoms with Gasteiger partial charge in [-0.2, -0.15) is 0 Å². The first-order chi connectivity index (χ1) is 8.56. The molecule has 0 radical (unpaired) electrons. The van der Waals surface area contributed by atoms with Crippen LogP contribution >= 0.6 is 11.8 Å². The van der Waals surface area contributed by atoms with Crippen LogP contribution < -0.4 is 0 Å². The van der Waals surface area contributed by atoms with Crippen molar-refractivity contribution in [3.8, 4) is 0 Å². The number of thioether (sulfide) groups is 1. The maximum absolute atomic E-state index is 11.7. The Hall–Kier alpha value is -1.49. The van der Waals surface area contributed by atoms with E-state index >= 15 is 0 Å². The van der Waals surface area contributed by atoms with Gasteiger partial charge in [0.05, 0.1) is 11.7 Å². The number of benzene rings is 1. The predicted octanol–water partition coefficient (Wildman–Crippen LogP) is 1.64. The number of rotatable bonds is 4. The number of likely N-dealkylation sites (tertiary alicyclic amines) is 1. The van der Waals surface area contributed by atoms with Crippen molar-refractivity contribution < 1.29 is 14.7 Å². The van der Waals surface area contributed by atoms with Crippen LogP contribution in [0.4, 0.5) is 0 Å². The molecule has 0 saturated carbocycles. The van der Waals surface area contributed by atoms with Gasteiger partial charge in [0.1, 0.15) is 0 Å². The molecule has 1 aromatic carbocycles. The van der Waals surface area contributed by atoms with E-state index < -0.39 is 5.97 Å². The van der Waals surface area contributed by atoms with Crippen molar-refractivity contribution in [3.05, 3.63) is 29.8 Å². The van der Waals surface area contributed by atoms with Crippen molar-refractivity contribution in [2.45, 2.75) is 23.0 Å². The van der Waals surface area contributed by atoms with Crippen molar-refractivity contribution in [1.82, 2.24) is 4.90 Å². The van der Waals surface area contributed by atoms with Gasteiger partial charge in [0.2, 0.25) is 5.91 Å². The fourth-order valence-corrected chi connectivity index (χ4v) is 3.05. The van der Waals surface area contributed by atoms with Gasteiger partial charge in [-0.3, -0.25) is 9.59 Å². The van der Waals surface area contributed by atoms with Crippen LogP contribution in [0.25, 0.3) is 0 Å². The highest BCUT2D eigenvalue weighted by Gasteiger charge is 2.29. The van der Waals surface area contributed by atoms with Crippen LogP contribution in [-0.2, 0) is 16.0 Å². The van der Waals surface area contributed by atoms with E-state index in [2.05, 4.69) is 0 Å². The number of nitrogens with zero attached hydrogens (tertiary/aromatic N) is 1.